The third-order valence-electron chi connectivity index (χ3n) is 5.38. The van der Waals surface area contributed by atoms with Crippen molar-refractivity contribution in [1.29, 1.82) is 0 Å². The molecule has 1 aromatic carbocycles. The number of hydrogen-bond acceptors (Lipinski definition) is 5. The molecule has 1 fully saturated rings. The van der Waals surface area contributed by atoms with Gasteiger partial charge >= 0.3 is 0 Å². The van der Waals surface area contributed by atoms with E-state index < -0.39 is 0 Å². The molecule has 6 heteroatoms. The molecule has 0 amide bonds. The van der Waals surface area contributed by atoms with Gasteiger partial charge in [-0.25, -0.2) is 4.98 Å². The molecule has 1 aliphatic rings. The van der Waals surface area contributed by atoms with E-state index in [1.807, 2.05) is 36.4 Å². The van der Waals surface area contributed by atoms with Crippen LogP contribution >= 0.6 is 0 Å². The number of nitrogens with zero attached hydrogens (tertiary/aromatic N) is 3. The van der Waals surface area contributed by atoms with Gasteiger partial charge in [0.1, 0.15) is 11.4 Å². The summed E-state index contributed by atoms with van der Waals surface area (Å²) in [7, 11) is 0. The van der Waals surface area contributed by atoms with Crippen molar-refractivity contribution >= 4 is 10.9 Å². The number of ether oxygens (including phenoxy) is 1. The Morgan fingerprint density at radius 1 is 1.03 bits per heavy atom. The maximum atomic E-state index is 12.7. The Hall–Kier alpha value is -3.54. The lowest BCUT2D eigenvalue weighted by Crippen LogP contribution is -2.10. The van der Waals surface area contributed by atoms with E-state index in [2.05, 4.69) is 19.9 Å². The second-order valence-electron chi connectivity index (χ2n) is 7.65. The van der Waals surface area contributed by atoms with Crippen LogP contribution in [0.3, 0.4) is 0 Å². The van der Waals surface area contributed by atoms with Crippen LogP contribution in [0.4, 0.5) is 0 Å². The van der Waals surface area contributed by atoms with Gasteiger partial charge in [-0.1, -0.05) is 0 Å². The van der Waals surface area contributed by atoms with Gasteiger partial charge in [0.05, 0.1) is 17.5 Å². The molecule has 0 atom stereocenters. The molecule has 3 heterocycles. The monoisotopic (exact) mass is 398 g/mol. The van der Waals surface area contributed by atoms with Crippen molar-refractivity contribution in [2.75, 3.05) is 6.61 Å². The fourth-order valence-corrected chi connectivity index (χ4v) is 3.59. The van der Waals surface area contributed by atoms with Gasteiger partial charge in [-0.3, -0.25) is 14.8 Å². The summed E-state index contributed by atoms with van der Waals surface area (Å²) < 4.78 is 5.85. The zero-order valence-corrected chi connectivity index (χ0v) is 16.5. The zero-order valence-electron chi connectivity index (χ0n) is 16.5. The Morgan fingerprint density at radius 2 is 1.90 bits per heavy atom. The van der Waals surface area contributed by atoms with Gasteiger partial charge in [-0.05, 0) is 85.2 Å². The highest BCUT2D eigenvalue weighted by Crippen LogP contribution is 2.40. The average Bonchev–Trinajstić information content (AvgIpc) is 3.63. The summed E-state index contributed by atoms with van der Waals surface area (Å²) in [5.41, 5.74) is 3.65. The molecule has 0 saturated heterocycles. The Labute approximate surface area is 174 Å². The van der Waals surface area contributed by atoms with Gasteiger partial charge in [-0.15, -0.1) is 0 Å². The molecule has 5 rings (SSSR count). The van der Waals surface area contributed by atoms with Crippen molar-refractivity contribution < 1.29 is 4.74 Å². The predicted octanol–water partition coefficient (Wildman–Crippen LogP) is 4.27. The maximum Gasteiger partial charge on any atom is 0.259 e. The average molecular weight is 398 g/mol. The number of H-pyrrole nitrogens is 1. The van der Waals surface area contributed by atoms with Gasteiger partial charge in [0.2, 0.25) is 0 Å². The Balaban J connectivity index is 1.31. The highest BCUT2D eigenvalue weighted by molar-refractivity contribution is 5.80. The first-order chi connectivity index (χ1) is 14.8. The van der Waals surface area contributed by atoms with Crippen LogP contribution in [0.25, 0.3) is 22.4 Å². The molecule has 30 heavy (non-hydrogen) atoms. The molecule has 150 valence electrons. The van der Waals surface area contributed by atoms with E-state index in [0.717, 1.165) is 12.8 Å². The highest BCUT2D eigenvalue weighted by Gasteiger charge is 2.24. The summed E-state index contributed by atoms with van der Waals surface area (Å²) in [6.07, 6.45) is 9.63. The van der Waals surface area contributed by atoms with Crippen LogP contribution in [0.5, 0.6) is 5.75 Å². The molecule has 0 aliphatic heterocycles. The van der Waals surface area contributed by atoms with Crippen LogP contribution < -0.4 is 10.3 Å². The van der Waals surface area contributed by atoms with Gasteiger partial charge < -0.3 is 9.72 Å². The summed E-state index contributed by atoms with van der Waals surface area (Å²) in [5.74, 6) is 1.80. The topological polar surface area (TPSA) is 80.8 Å². The largest absolute Gasteiger partial charge is 0.494 e. The molecule has 1 N–H and O–H groups in total. The van der Waals surface area contributed by atoms with Crippen LogP contribution in [-0.4, -0.2) is 26.5 Å². The van der Waals surface area contributed by atoms with Gasteiger partial charge in [0.25, 0.3) is 5.56 Å². The Morgan fingerprint density at radius 3 is 2.73 bits per heavy atom. The van der Waals surface area contributed by atoms with E-state index in [1.54, 1.807) is 24.7 Å². The number of fused-ring (bicyclic) bond motifs is 1. The lowest BCUT2D eigenvalue weighted by atomic mass is 10.1. The number of pyridine rings is 2. The minimum Gasteiger partial charge on any atom is -0.494 e. The fourth-order valence-electron chi connectivity index (χ4n) is 3.59. The fraction of sp³-hybridized carbons (Fsp3) is 0.250. The van der Waals surface area contributed by atoms with E-state index in [-0.39, 0.29) is 5.56 Å². The zero-order chi connectivity index (χ0) is 20.3. The van der Waals surface area contributed by atoms with Crippen LogP contribution in [0, 0.1) is 0 Å². The van der Waals surface area contributed by atoms with E-state index in [4.69, 9.17) is 4.74 Å². The third kappa shape index (κ3) is 4.08. The number of aryl methyl sites for hydroxylation is 1. The molecule has 6 nitrogen and oxygen atoms in total. The minimum atomic E-state index is -0.184. The molecule has 0 unspecified atom stereocenters. The summed E-state index contributed by atoms with van der Waals surface area (Å²) >= 11 is 0. The first-order valence-corrected chi connectivity index (χ1v) is 10.3. The number of nitrogens with one attached hydrogen (secondary N) is 1. The molecule has 1 aliphatic carbocycles. The Kier molecular flexibility index (Phi) is 4.97. The number of benzene rings is 1. The van der Waals surface area contributed by atoms with Gasteiger partial charge in [0.15, 0.2) is 5.82 Å². The van der Waals surface area contributed by atoms with Crippen molar-refractivity contribution in [3.63, 3.8) is 0 Å². The van der Waals surface area contributed by atoms with Crippen molar-refractivity contribution in [2.45, 2.75) is 31.6 Å². The lowest BCUT2D eigenvalue weighted by Gasteiger charge is -2.08. The summed E-state index contributed by atoms with van der Waals surface area (Å²) in [5, 5.41) is 0.517. The lowest BCUT2D eigenvalue weighted by molar-refractivity contribution is 0.311. The maximum absolute atomic E-state index is 12.7. The van der Waals surface area contributed by atoms with E-state index >= 15 is 0 Å². The normalized spacial score (nSPS) is 13.5. The molecule has 0 radical (unpaired) electrons. The highest BCUT2D eigenvalue weighted by atomic mass is 16.5. The number of aromatic nitrogens is 4. The summed E-state index contributed by atoms with van der Waals surface area (Å²) in [4.78, 5) is 28.6. The van der Waals surface area contributed by atoms with Gasteiger partial charge in [-0.2, -0.15) is 0 Å². The van der Waals surface area contributed by atoms with Crippen LogP contribution in [-0.2, 0) is 6.42 Å². The number of rotatable bonds is 7. The van der Waals surface area contributed by atoms with E-state index in [1.165, 1.54) is 24.0 Å². The van der Waals surface area contributed by atoms with Crippen LogP contribution in [0.1, 0.15) is 36.3 Å². The Bertz CT molecular complexity index is 1230. The minimum absolute atomic E-state index is 0.184. The molecule has 0 spiro atoms. The quantitative estimate of drug-likeness (QED) is 0.470. The summed E-state index contributed by atoms with van der Waals surface area (Å²) in [6, 6.07) is 13.5. The predicted molar refractivity (Wildman–Crippen MR) is 116 cm³/mol. The first-order valence-electron chi connectivity index (χ1n) is 10.3. The number of hydrogen-bond donors (Lipinski definition) is 1. The molecular formula is C24H22N4O2. The summed E-state index contributed by atoms with van der Waals surface area (Å²) in [6.45, 7) is 0.578. The van der Waals surface area contributed by atoms with Crippen molar-refractivity contribution in [3.8, 4) is 17.3 Å². The van der Waals surface area contributed by atoms with Crippen molar-refractivity contribution in [3.05, 3.63) is 82.5 Å². The smallest absolute Gasteiger partial charge is 0.259 e. The van der Waals surface area contributed by atoms with Crippen molar-refractivity contribution in [1.82, 2.24) is 19.9 Å². The third-order valence-corrected chi connectivity index (χ3v) is 5.38. The second kappa shape index (κ2) is 8.06. The standard InChI is InChI=1S/C24H22N4O2/c29-24-20-15-19(30-13-1-2-16-7-10-25-11-8-16)5-6-21(20)27-23(28-24)22-14-18(9-12-26-22)17-3-4-17/h5-12,14-15,17H,1-4,13H2,(H,27,28,29). The van der Waals surface area contributed by atoms with Crippen molar-refractivity contribution in [2.24, 2.45) is 0 Å². The molecule has 0 bridgehead atoms. The van der Waals surface area contributed by atoms with E-state index in [0.29, 0.717) is 40.7 Å². The molecule has 1 saturated carbocycles. The van der Waals surface area contributed by atoms with Crippen LogP contribution in [0.2, 0.25) is 0 Å². The van der Waals surface area contributed by atoms with Crippen LogP contribution in [0.15, 0.2) is 65.8 Å². The number of aromatic amines is 1. The molecular weight excluding hydrogens is 376 g/mol. The van der Waals surface area contributed by atoms with Gasteiger partial charge in [0, 0.05) is 18.6 Å². The van der Waals surface area contributed by atoms with E-state index in [9.17, 15) is 4.79 Å². The first kappa shape index (κ1) is 18.5. The molecule has 3 aromatic heterocycles. The second-order valence-corrected chi connectivity index (χ2v) is 7.65. The SMILES string of the molecule is O=c1[nH]c(-c2cc(C3CC3)ccn2)nc2ccc(OCCCc3ccncc3)cc12. The molecule has 4 aromatic rings.